The third-order valence-electron chi connectivity index (χ3n) is 2.26. The van der Waals surface area contributed by atoms with E-state index in [0.29, 0.717) is 11.3 Å². The Morgan fingerprint density at radius 3 is 2.47 bits per heavy atom. The molecule has 0 aliphatic carbocycles. The number of phenols is 1. The molecule has 0 atom stereocenters. The normalized spacial score (nSPS) is 10.2. The van der Waals surface area contributed by atoms with Gasteiger partial charge < -0.3 is 9.84 Å². The summed E-state index contributed by atoms with van der Waals surface area (Å²) in [5, 5.41) is 9.64. The summed E-state index contributed by atoms with van der Waals surface area (Å²) >= 11 is 3.26. The van der Waals surface area contributed by atoms with Crippen LogP contribution in [-0.2, 0) is 6.61 Å². The minimum atomic E-state index is -0.302. The number of rotatable bonds is 3. The van der Waals surface area contributed by atoms with Gasteiger partial charge in [-0.15, -0.1) is 0 Å². The van der Waals surface area contributed by atoms with Gasteiger partial charge in [0.05, 0.1) is 0 Å². The van der Waals surface area contributed by atoms with E-state index >= 15 is 0 Å². The number of halogens is 2. The van der Waals surface area contributed by atoms with Crippen molar-refractivity contribution in [2.75, 3.05) is 0 Å². The second-order valence-electron chi connectivity index (χ2n) is 3.52. The summed E-state index contributed by atoms with van der Waals surface area (Å²) in [4.78, 5) is 0. The Kier molecular flexibility index (Phi) is 3.64. The molecule has 2 nitrogen and oxygen atoms in total. The first-order valence-corrected chi connectivity index (χ1v) is 5.80. The maximum Gasteiger partial charge on any atom is 0.123 e. The van der Waals surface area contributed by atoms with Gasteiger partial charge in [0.2, 0.25) is 0 Å². The maximum absolute atomic E-state index is 12.7. The van der Waals surface area contributed by atoms with Crippen LogP contribution in [0, 0.1) is 5.82 Å². The van der Waals surface area contributed by atoms with Gasteiger partial charge in [-0.3, -0.25) is 0 Å². The SMILES string of the molecule is Oc1cc(Br)ccc1COc1ccc(F)cc1. The minimum absolute atomic E-state index is 0.168. The molecule has 1 N–H and O–H groups in total. The topological polar surface area (TPSA) is 29.5 Å². The molecule has 0 unspecified atom stereocenters. The lowest BCUT2D eigenvalue weighted by molar-refractivity contribution is 0.298. The van der Waals surface area contributed by atoms with E-state index in [1.807, 2.05) is 6.07 Å². The fourth-order valence-corrected chi connectivity index (χ4v) is 1.70. The Hall–Kier alpha value is -1.55. The number of hydrogen-bond donors (Lipinski definition) is 1. The Morgan fingerprint density at radius 2 is 1.82 bits per heavy atom. The molecular formula is C13H10BrFO2. The van der Waals surface area contributed by atoms with Crippen LogP contribution in [0.1, 0.15) is 5.56 Å². The highest BCUT2D eigenvalue weighted by Crippen LogP contribution is 2.23. The van der Waals surface area contributed by atoms with Crippen LogP contribution in [0.4, 0.5) is 4.39 Å². The summed E-state index contributed by atoms with van der Waals surface area (Å²) in [5.74, 6) is 0.430. The highest BCUT2D eigenvalue weighted by Gasteiger charge is 2.03. The first kappa shape index (κ1) is 11.9. The van der Waals surface area contributed by atoms with Gasteiger partial charge in [0, 0.05) is 10.0 Å². The number of aromatic hydroxyl groups is 1. The van der Waals surface area contributed by atoms with Crippen LogP contribution in [0.5, 0.6) is 11.5 Å². The van der Waals surface area contributed by atoms with Crippen LogP contribution in [-0.4, -0.2) is 5.11 Å². The van der Waals surface area contributed by atoms with Gasteiger partial charge in [-0.05, 0) is 36.4 Å². The average Bonchev–Trinajstić information content (AvgIpc) is 2.30. The first-order chi connectivity index (χ1) is 8.15. The molecule has 0 spiro atoms. The van der Waals surface area contributed by atoms with Crippen molar-refractivity contribution in [3.05, 3.63) is 58.3 Å². The van der Waals surface area contributed by atoms with Crippen molar-refractivity contribution in [3.63, 3.8) is 0 Å². The summed E-state index contributed by atoms with van der Waals surface area (Å²) in [6.45, 7) is 0.241. The number of ether oxygens (including phenoxy) is 1. The summed E-state index contributed by atoms with van der Waals surface area (Å²) < 4.78 is 18.9. The molecule has 88 valence electrons. The van der Waals surface area contributed by atoms with E-state index in [1.54, 1.807) is 24.3 Å². The second-order valence-corrected chi connectivity index (χ2v) is 4.43. The number of phenolic OH excluding ortho intramolecular Hbond substituents is 1. The molecule has 0 bridgehead atoms. The standard InChI is InChI=1S/C13H10BrFO2/c14-10-2-1-9(13(16)7-10)8-17-12-5-3-11(15)4-6-12/h1-7,16H,8H2. The van der Waals surface area contributed by atoms with Gasteiger partial charge in [-0.2, -0.15) is 0 Å². The highest BCUT2D eigenvalue weighted by atomic mass is 79.9. The molecule has 0 aliphatic rings. The van der Waals surface area contributed by atoms with Gasteiger partial charge in [0.15, 0.2) is 0 Å². The monoisotopic (exact) mass is 296 g/mol. The molecule has 2 rings (SSSR count). The van der Waals surface area contributed by atoms with Crippen molar-refractivity contribution >= 4 is 15.9 Å². The average molecular weight is 297 g/mol. The van der Waals surface area contributed by atoms with Crippen LogP contribution >= 0.6 is 15.9 Å². The molecule has 0 aromatic heterocycles. The van der Waals surface area contributed by atoms with Crippen molar-refractivity contribution in [2.24, 2.45) is 0 Å². The first-order valence-electron chi connectivity index (χ1n) is 5.01. The van der Waals surface area contributed by atoms with E-state index in [4.69, 9.17) is 4.74 Å². The van der Waals surface area contributed by atoms with Crippen molar-refractivity contribution < 1.29 is 14.2 Å². The lowest BCUT2D eigenvalue weighted by atomic mass is 10.2. The predicted molar refractivity (Wildman–Crippen MR) is 66.5 cm³/mol. The van der Waals surface area contributed by atoms with Crippen molar-refractivity contribution in [3.8, 4) is 11.5 Å². The van der Waals surface area contributed by atoms with Crippen molar-refractivity contribution in [1.29, 1.82) is 0 Å². The summed E-state index contributed by atoms with van der Waals surface area (Å²) in [5.41, 5.74) is 0.678. The van der Waals surface area contributed by atoms with E-state index in [2.05, 4.69) is 15.9 Å². The van der Waals surface area contributed by atoms with E-state index in [9.17, 15) is 9.50 Å². The maximum atomic E-state index is 12.7. The molecule has 0 amide bonds. The molecular weight excluding hydrogens is 287 g/mol. The van der Waals surface area contributed by atoms with Crippen LogP contribution < -0.4 is 4.74 Å². The predicted octanol–water partition coefficient (Wildman–Crippen LogP) is 3.87. The highest BCUT2D eigenvalue weighted by molar-refractivity contribution is 9.10. The van der Waals surface area contributed by atoms with Gasteiger partial charge >= 0.3 is 0 Å². The van der Waals surface area contributed by atoms with Gasteiger partial charge in [-0.25, -0.2) is 4.39 Å². The molecule has 0 saturated carbocycles. The lowest BCUT2D eigenvalue weighted by Gasteiger charge is -2.08. The molecule has 0 fully saturated rings. The summed E-state index contributed by atoms with van der Waals surface area (Å²) in [6, 6.07) is 10.9. The largest absolute Gasteiger partial charge is 0.507 e. The number of benzene rings is 2. The zero-order valence-electron chi connectivity index (χ0n) is 8.86. The van der Waals surface area contributed by atoms with Crippen LogP contribution in [0.25, 0.3) is 0 Å². The number of hydrogen-bond acceptors (Lipinski definition) is 2. The Labute approximate surface area is 107 Å². The third kappa shape index (κ3) is 3.20. The summed E-state index contributed by atoms with van der Waals surface area (Å²) in [6.07, 6.45) is 0. The van der Waals surface area contributed by atoms with Crippen LogP contribution in [0.2, 0.25) is 0 Å². The second kappa shape index (κ2) is 5.19. The van der Waals surface area contributed by atoms with Gasteiger partial charge in [-0.1, -0.05) is 22.0 Å². The van der Waals surface area contributed by atoms with Gasteiger partial charge in [0.1, 0.15) is 23.9 Å². The third-order valence-corrected chi connectivity index (χ3v) is 2.75. The Morgan fingerprint density at radius 1 is 1.12 bits per heavy atom. The quantitative estimate of drug-likeness (QED) is 0.931. The van der Waals surface area contributed by atoms with E-state index < -0.39 is 0 Å². The molecule has 0 saturated heterocycles. The zero-order chi connectivity index (χ0) is 12.3. The zero-order valence-corrected chi connectivity index (χ0v) is 10.4. The molecule has 17 heavy (non-hydrogen) atoms. The molecule has 0 radical (unpaired) electrons. The molecule has 2 aromatic rings. The van der Waals surface area contributed by atoms with Crippen molar-refractivity contribution in [2.45, 2.75) is 6.61 Å². The van der Waals surface area contributed by atoms with Gasteiger partial charge in [0.25, 0.3) is 0 Å². The fourth-order valence-electron chi connectivity index (χ4n) is 1.35. The molecule has 0 aliphatic heterocycles. The van der Waals surface area contributed by atoms with E-state index in [1.165, 1.54) is 12.1 Å². The minimum Gasteiger partial charge on any atom is -0.507 e. The molecule has 2 aromatic carbocycles. The fraction of sp³-hybridized carbons (Fsp3) is 0.0769. The van der Waals surface area contributed by atoms with Crippen LogP contribution in [0.3, 0.4) is 0 Å². The van der Waals surface area contributed by atoms with E-state index in [-0.39, 0.29) is 18.2 Å². The summed E-state index contributed by atoms with van der Waals surface area (Å²) in [7, 11) is 0. The van der Waals surface area contributed by atoms with Crippen LogP contribution in [0.15, 0.2) is 46.9 Å². The Bertz CT molecular complexity index is 511. The molecule has 0 heterocycles. The van der Waals surface area contributed by atoms with E-state index in [0.717, 1.165) is 4.47 Å². The Balaban J connectivity index is 2.04. The molecule has 4 heteroatoms. The van der Waals surface area contributed by atoms with Crippen molar-refractivity contribution in [1.82, 2.24) is 0 Å². The lowest BCUT2D eigenvalue weighted by Crippen LogP contribution is -1.95. The smallest absolute Gasteiger partial charge is 0.123 e.